The van der Waals surface area contributed by atoms with Crippen LogP contribution in [0, 0.1) is 6.92 Å². The SMILES string of the molecule is Cc1cc(Cl)ccc1O[C@H](C)C(=O)Nc1ccccc1C(C)C. The molecule has 0 bridgehead atoms. The highest BCUT2D eigenvalue weighted by Gasteiger charge is 2.17. The van der Waals surface area contributed by atoms with E-state index in [4.69, 9.17) is 16.3 Å². The molecule has 0 radical (unpaired) electrons. The number of anilines is 1. The first-order valence-electron chi connectivity index (χ1n) is 7.71. The van der Waals surface area contributed by atoms with Gasteiger partial charge in [0.05, 0.1) is 0 Å². The third-order valence-corrected chi connectivity index (χ3v) is 3.89. The van der Waals surface area contributed by atoms with E-state index in [9.17, 15) is 4.79 Å². The van der Waals surface area contributed by atoms with Gasteiger partial charge in [0.25, 0.3) is 5.91 Å². The van der Waals surface area contributed by atoms with Crippen molar-refractivity contribution in [3.63, 3.8) is 0 Å². The summed E-state index contributed by atoms with van der Waals surface area (Å²) in [5.41, 5.74) is 2.84. The van der Waals surface area contributed by atoms with Crippen molar-refractivity contribution in [1.29, 1.82) is 0 Å². The molecule has 0 saturated heterocycles. The van der Waals surface area contributed by atoms with Gasteiger partial charge in [-0.15, -0.1) is 0 Å². The fourth-order valence-electron chi connectivity index (χ4n) is 2.34. The molecule has 2 rings (SSSR count). The average Bonchev–Trinajstić information content (AvgIpc) is 2.50. The molecule has 1 N–H and O–H groups in total. The molecule has 23 heavy (non-hydrogen) atoms. The molecule has 3 nitrogen and oxygen atoms in total. The van der Waals surface area contributed by atoms with Crippen molar-refractivity contribution in [3.05, 3.63) is 58.6 Å². The van der Waals surface area contributed by atoms with E-state index < -0.39 is 6.10 Å². The van der Waals surface area contributed by atoms with Gasteiger partial charge in [-0.3, -0.25) is 4.79 Å². The second-order valence-electron chi connectivity index (χ2n) is 5.90. The number of hydrogen-bond acceptors (Lipinski definition) is 2. The van der Waals surface area contributed by atoms with Gasteiger partial charge in [-0.05, 0) is 55.2 Å². The highest BCUT2D eigenvalue weighted by molar-refractivity contribution is 6.30. The Hall–Kier alpha value is -2.00. The molecule has 4 heteroatoms. The highest BCUT2D eigenvalue weighted by atomic mass is 35.5. The number of para-hydroxylation sites is 1. The Bertz CT molecular complexity index is 698. The van der Waals surface area contributed by atoms with Crippen molar-refractivity contribution < 1.29 is 9.53 Å². The Morgan fingerprint density at radius 3 is 2.48 bits per heavy atom. The number of aryl methyl sites for hydroxylation is 1. The predicted molar refractivity (Wildman–Crippen MR) is 95.4 cm³/mol. The molecule has 0 aliphatic rings. The Labute approximate surface area is 142 Å². The summed E-state index contributed by atoms with van der Waals surface area (Å²) in [7, 11) is 0. The smallest absolute Gasteiger partial charge is 0.265 e. The van der Waals surface area contributed by atoms with E-state index in [0.29, 0.717) is 16.7 Å². The number of rotatable bonds is 5. The van der Waals surface area contributed by atoms with Crippen molar-refractivity contribution in [3.8, 4) is 5.75 Å². The minimum absolute atomic E-state index is 0.174. The van der Waals surface area contributed by atoms with Crippen LogP contribution >= 0.6 is 11.6 Å². The number of ether oxygens (including phenoxy) is 1. The number of carbonyl (C=O) groups excluding carboxylic acids is 1. The lowest BCUT2D eigenvalue weighted by Crippen LogP contribution is -2.30. The monoisotopic (exact) mass is 331 g/mol. The summed E-state index contributed by atoms with van der Waals surface area (Å²) in [6, 6.07) is 13.2. The number of carbonyl (C=O) groups is 1. The first kappa shape index (κ1) is 17.4. The van der Waals surface area contributed by atoms with Gasteiger partial charge in [0, 0.05) is 10.7 Å². The predicted octanol–water partition coefficient (Wildman–Crippen LogP) is 5.18. The average molecular weight is 332 g/mol. The number of hydrogen-bond donors (Lipinski definition) is 1. The molecule has 0 aliphatic carbocycles. The Morgan fingerprint density at radius 2 is 1.83 bits per heavy atom. The minimum Gasteiger partial charge on any atom is -0.481 e. The second kappa shape index (κ2) is 7.51. The first-order chi connectivity index (χ1) is 10.9. The summed E-state index contributed by atoms with van der Waals surface area (Å²) in [5.74, 6) is 0.822. The van der Waals surface area contributed by atoms with E-state index in [1.54, 1.807) is 19.1 Å². The highest BCUT2D eigenvalue weighted by Crippen LogP contribution is 2.25. The van der Waals surface area contributed by atoms with E-state index >= 15 is 0 Å². The molecule has 0 spiro atoms. The maximum atomic E-state index is 12.4. The standard InChI is InChI=1S/C19H22ClNO2/c1-12(2)16-7-5-6-8-17(16)21-19(22)14(4)23-18-10-9-15(20)11-13(18)3/h5-12,14H,1-4H3,(H,21,22)/t14-/m1/s1. The largest absolute Gasteiger partial charge is 0.481 e. The van der Waals surface area contributed by atoms with Gasteiger partial charge in [0.2, 0.25) is 0 Å². The summed E-state index contributed by atoms with van der Waals surface area (Å²) in [4.78, 5) is 12.4. The first-order valence-corrected chi connectivity index (χ1v) is 8.09. The van der Waals surface area contributed by atoms with Crippen LogP contribution in [0.5, 0.6) is 5.75 Å². The summed E-state index contributed by atoms with van der Waals surface area (Å²) in [6.07, 6.45) is -0.602. The molecule has 2 aromatic rings. The van der Waals surface area contributed by atoms with Crippen LogP contribution in [0.25, 0.3) is 0 Å². The van der Waals surface area contributed by atoms with Crippen LogP contribution in [0.3, 0.4) is 0 Å². The molecule has 0 fully saturated rings. The lowest BCUT2D eigenvalue weighted by atomic mass is 10.0. The van der Waals surface area contributed by atoms with Crippen molar-refractivity contribution >= 4 is 23.2 Å². The summed E-state index contributed by atoms with van der Waals surface area (Å²) < 4.78 is 5.76. The zero-order valence-corrected chi connectivity index (χ0v) is 14.6. The molecular formula is C19H22ClNO2. The van der Waals surface area contributed by atoms with E-state index in [0.717, 1.165) is 16.8 Å². The lowest BCUT2D eigenvalue weighted by molar-refractivity contribution is -0.122. The van der Waals surface area contributed by atoms with Crippen LogP contribution in [0.1, 0.15) is 37.8 Å². The van der Waals surface area contributed by atoms with Crippen molar-refractivity contribution in [2.45, 2.75) is 39.7 Å². The van der Waals surface area contributed by atoms with Crippen molar-refractivity contribution in [1.82, 2.24) is 0 Å². The Balaban J connectivity index is 2.09. The molecule has 0 heterocycles. The van der Waals surface area contributed by atoms with E-state index in [-0.39, 0.29) is 5.91 Å². The molecule has 0 unspecified atom stereocenters. The van der Waals surface area contributed by atoms with Crippen LogP contribution < -0.4 is 10.1 Å². The summed E-state index contributed by atoms with van der Waals surface area (Å²) in [6.45, 7) is 7.84. The van der Waals surface area contributed by atoms with Crippen LogP contribution in [0.2, 0.25) is 5.02 Å². The number of halogens is 1. The van der Waals surface area contributed by atoms with Gasteiger partial charge in [0.1, 0.15) is 5.75 Å². The molecule has 0 aromatic heterocycles. The molecule has 1 amide bonds. The summed E-state index contributed by atoms with van der Waals surface area (Å²) >= 11 is 5.94. The van der Waals surface area contributed by atoms with Crippen LogP contribution in [0.4, 0.5) is 5.69 Å². The summed E-state index contributed by atoms with van der Waals surface area (Å²) in [5, 5.41) is 3.60. The van der Waals surface area contributed by atoms with Crippen LogP contribution in [-0.4, -0.2) is 12.0 Å². The van der Waals surface area contributed by atoms with Gasteiger partial charge in [-0.1, -0.05) is 43.6 Å². The van der Waals surface area contributed by atoms with Crippen LogP contribution in [0.15, 0.2) is 42.5 Å². The minimum atomic E-state index is -0.602. The number of amides is 1. The molecule has 0 aliphatic heterocycles. The lowest BCUT2D eigenvalue weighted by Gasteiger charge is -2.18. The zero-order chi connectivity index (χ0) is 17.0. The van der Waals surface area contributed by atoms with Crippen molar-refractivity contribution in [2.24, 2.45) is 0 Å². The molecule has 1 atom stereocenters. The van der Waals surface area contributed by atoms with Crippen molar-refractivity contribution in [2.75, 3.05) is 5.32 Å². The molecule has 0 saturated carbocycles. The van der Waals surface area contributed by atoms with Gasteiger partial charge in [-0.25, -0.2) is 0 Å². The third-order valence-electron chi connectivity index (χ3n) is 3.65. The van der Waals surface area contributed by atoms with Gasteiger partial charge >= 0.3 is 0 Å². The van der Waals surface area contributed by atoms with E-state index in [1.165, 1.54) is 0 Å². The maximum absolute atomic E-state index is 12.4. The second-order valence-corrected chi connectivity index (χ2v) is 6.34. The maximum Gasteiger partial charge on any atom is 0.265 e. The molecule has 2 aromatic carbocycles. The normalized spacial score (nSPS) is 12.1. The Morgan fingerprint density at radius 1 is 1.13 bits per heavy atom. The fourth-order valence-corrected chi connectivity index (χ4v) is 2.56. The molecular weight excluding hydrogens is 310 g/mol. The van der Waals surface area contributed by atoms with Gasteiger partial charge < -0.3 is 10.1 Å². The zero-order valence-electron chi connectivity index (χ0n) is 13.9. The quantitative estimate of drug-likeness (QED) is 0.820. The fraction of sp³-hybridized carbons (Fsp3) is 0.316. The van der Waals surface area contributed by atoms with E-state index in [1.807, 2.05) is 37.3 Å². The molecule has 122 valence electrons. The van der Waals surface area contributed by atoms with Gasteiger partial charge in [0.15, 0.2) is 6.10 Å². The topological polar surface area (TPSA) is 38.3 Å². The van der Waals surface area contributed by atoms with E-state index in [2.05, 4.69) is 19.2 Å². The number of benzene rings is 2. The van der Waals surface area contributed by atoms with Crippen LogP contribution in [-0.2, 0) is 4.79 Å². The Kier molecular flexibility index (Phi) is 5.67. The van der Waals surface area contributed by atoms with Gasteiger partial charge in [-0.2, -0.15) is 0 Å². The third kappa shape index (κ3) is 4.49. The number of nitrogens with one attached hydrogen (secondary N) is 1.